The Morgan fingerprint density at radius 1 is 1.30 bits per heavy atom. The molecule has 0 aliphatic carbocycles. The first-order chi connectivity index (χ1) is 11.1. The molecule has 0 unspecified atom stereocenters. The minimum Gasteiger partial charge on any atom is -0.337 e. The lowest BCUT2D eigenvalue weighted by Crippen LogP contribution is -2.35. The van der Waals surface area contributed by atoms with E-state index in [1.54, 1.807) is 0 Å². The first-order valence-corrected chi connectivity index (χ1v) is 8.83. The first-order valence-electron chi connectivity index (χ1n) is 7.68. The van der Waals surface area contributed by atoms with Crippen LogP contribution >= 0.6 is 23.1 Å². The molecule has 1 aliphatic rings. The van der Waals surface area contributed by atoms with Crippen molar-refractivity contribution < 1.29 is 4.79 Å². The van der Waals surface area contributed by atoms with Crippen molar-refractivity contribution in [2.24, 2.45) is 0 Å². The van der Waals surface area contributed by atoms with Crippen LogP contribution in [-0.4, -0.2) is 51.5 Å². The minimum absolute atomic E-state index is 0.115. The molecule has 122 valence electrons. The normalized spacial score (nSPS) is 16.3. The summed E-state index contributed by atoms with van der Waals surface area (Å²) in [5.74, 6) is 0.115. The number of hydrogen-bond acceptors (Lipinski definition) is 5. The van der Waals surface area contributed by atoms with Gasteiger partial charge in [-0.25, -0.2) is 0 Å². The summed E-state index contributed by atoms with van der Waals surface area (Å²) in [6.45, 7) is 5.97. The van der Waals surface area contributed by atoms with E-state index in [1.165, 1.54) is 11.5 Å². The van der Waals surface area contributed by atoms with Crippen LogP contribution in [0.2, 0.25) is 4.34 Å². The van der Waals surface area contributed by atoms with Gasteiger partial charge < -0.3 is 4.90 Å². The van der Waals surface area contributed by atoms with E-state index in [2.05, 4.69) is 14.5 Å². The van der Waals surface area contributed by atoms with Crippen molar-refractivity contribution in [1.82, 2.24) is 19.4 Å². The van der Waals surface area contributed by atoms with Crippen molar-refractivity contribution in [1.29, 1.82) is 0 Å². The second kappa shape index (κ2) is 7.38. The number of aromatic nitrogens is 2. The highest BCUT2D eigenvalue weighted by Crippen LogP contribution is 2.20. The summed E-state index contributed by atoms with van der Waals surface area (Å²) in [7, 11) is 0. The van der Waals surface area contributed by atoms with Gasteiger partial charge in [0.1, 0.15) is 10.0 Å². The van der Waals surface area contributed by atoms with E-state index < -0.39 is 0 Å². The average molecular weight is 351 g/mol. The second-order valence-corrected chi connectivity index (χ2v) is 7.14. The third kappa shape index (κ3) is 4.07. The van der Waals surface area contributed by atoms with Crippen molar-refractivity contribution in [2.75, 3.05) is 26.2 Å². The molecule has 1 fully saturated rings. The van der Waals surface area contributed by atoms with E-state index in [0.29, 0.717) is 10.9 Å². The number of benzene rings is 1. The maximum Gasteiger partial charge on any atom is 0.253 e. The smallest absolute Gasteiger partial charge is 0.253 e. The molecular formula is C16H19ClN4OS. The summed E-state index contributed by atoms with van der Waals surface area (Å²) < 4.78 is 4.52. The van der Waals surface area contributed by atoms with Gasteiger partial charge in [-0.05, 0) is 25.5 Å². The van der Waals surface area contributed by atoms with Crippen LogP contribution in [0.25, 0.3) is 0 Å². The molecule has 2 heterocycles. The zero-order chi connectivity index (χ0) is 16.2. The summed E-state index contributed by atoms with van der Waals surface area (Å²) in [5, 5.41) is 4.07. The molecule has 3 rings (SSSR count). The summed E-state index contributed by atoms with van der Waals surface area (Å²) in [6, 6.07) is 7.78. The Morgan fingerprint density at radius 2 is 2.17 bits per heavy atom. The SMILES string of the molecule is Cc1cccc(C(=O)N2CCCN(Cc3nnsc3Cl)CC2)c1. The lowest BCUT2D eigenvalue weighted by Gasteiger charge is -2.21. The number of hydrogen-bond donors (Lipinski definition) is 0. The molecule has 7 heteroatoms. The van der Waals surface area contributed by atoms with E-state index in [-0.39, 0.29) is 5.91 Å². The largest absolute Gasteiger partial charge is 0.337 e. The van der Waals surface area contributed by atoms with Crippen molar-refractivity contribution in [3.63, 3.8) is 0 Å². The molecule has 1 aliphatic heterocycles. The van der Waals surface area contributed by atoms with E-state index >= 15 is 0 Å². The molecule has 1 aromatic heterocycles. The van der Waals surface area contributed by atoms with Crippen LogP contribution in [0.15, 0.2) is 24.3 Å². The van der Waals surface area contributed by atoms with Crippen molar-refractivity contribution >= 4 is 29.0 Å². The predicted octanol–water partition coefficient (Wildman–Crippen LogP) is 2.85. The maximum atomic E-state index is 12.6. The molecule has 0 bridgehead atoms. The number of amides is 1. The fourth-order valence-electron chi connectivity index (χ4n) is 2.80. The minimum atomic E-state index is 0.115. The zero-order valence-electron chi connectivity index (χ0n) is 13.0. The zero-order valence-corrected chi connectivity index (χ0v) is 14.6. The van der Waals surface area contributed by atoms with E-state index in [9.17, 15) is 4.79 Å². The molecule has 23 heavy (non-hydrogen) atoms. The van der Waals surface area contributed by atoms with Crippen LogP contribution in [0, 0.1) is 6.92 Å². The van der Waals surface area contributed by atoms with Crippen LogP contribution < -0.4 is 0 Å². The molecule has 0 spiro atoms. The monoisotopic (exact) mass is 350 g/mol. The quantitative estimate of drug-likeness (QED) is 0.854. The number of carbonyl (C=O) groups is 1. The first kappa shape index (κ1) is 16.4. The van der Waals surface area contributed by atoms with Gasteiger partial charge in [-0.2, -0.15) is 0 Å². The third-order valence-corrected chi connectivity index (χ3v) is 5.01. The number of halogens is 1. The van der Waals surface area contributed by atoms with Gasteiger partial charge in [0.2, 0.25) is 0 Å². The van der Waals surface area contributed by atoms with Gasteiger partial charge in [-0.1, -0.05) is 33.8 Å². The van der Waals surface area contributed by atoms with Crippen molar-refractivity contribution in [3.8, 4) is 0 Å². The maximum absolute atomic E-state index is 12.6. The van der Waals surface area contributed by atoms with Gasteiger partial charge in [-0.15, -0.1) is 5.10 Å². The number of nitrogens with zero attached hydrogens (tertiary/aromatic N) is 4. The highest BCUT2D eigenvalue weighted by atomic mass is 35.5. The van der Waals surface area contributed by atoms with Crippen LogP contribution in [-0.2, 0) is 6.54 Å². The Hall–Kier alpha value is -1.50. The molecular weight excluding hydrogens is 332 g/mol. The molecule has 0 saturated carbocycles. The third-order valence-electron chi connectivity index (χ3n) is 4.02. The lowest BCUT2D eigenvalue weighted by molar-refractivity contribution is 0.0761. The van der Waals surface area contributed by atoms with Gasteiger partial charge in [0.15, 0.2) is 0 Å². The van der Waals surface area contributed by atoms with E-state index in [1.807, 2.05) is 36.1 Å². The highest BCUT2D eigenvalue weighted by Gasteiger charge is 2.21. The molecule has 1 amide bonds. The Kier molecular flexibility index (Phi) is 5.25. The second-order valence-electron chi connectivity index (χ2n) is 5.78. The number of rotatable bonds is 3. The predicted molar refractivity (Wildman–Crippen MR) is 91.9 cm³/mol. The van der Waals surface area contributed by atoms with Gasteiger partial charge >= 0.3 is 0 Å². The molecule has 5 nitrogen and oxygen atoms in total. The van der Waals surface area contributed by atoms with Gasteiger partial charge in [0.05, 0.1) is 0 Å². The molecule has 1 saturated heterocycles. The fourth-order valence-corrected chi connectivity index (χ4v) is 3.41. The number of aryl methyl sites for hydroxylation is 1. The summed E-state index contributed by atoms with van der Waals surface area (Å²) in [4.78, 5) is 16.9. The standard InChI is InChI=1S/C16H19ClN4OS/c1-12-4-2-5-13(10-12)16(22)21-7-3-6-20(8-9-21)11-14-15(17)23-19-18-14/h2,4-5,10H,3,6-9,11H2,1H3. The fraction of sp³-hybridized carbons (Fsp3) is 0.438. The number of carbonyl (C=O) groups excluding carboxylic acids is 1. The summed E-state index contributed by atoms with van der Waals surface area (Å²) in [6.07, 6.45) is 0.951. The molecule has 0 N–H and O–H groups in total. The van der Waals surface area contributed by atoms with Gasteiger partial charge in [-0.3, -0.25) is 9.69 Å². The average Bonchev–Trinajstić information content (AvgIpc) is 2.81. The Bertz CT molecular complexity index is 690. The highest BCUT2D eigenvalue weighted by molar-refractivity contribution is 7.10. The van der Waals surface area contributed by atoms with E-state index in [4.69, 9.17) is 11.6 Å². The van der Waals surface area contributed by atoms with Gasteiger partial charge in [0, 0.05) is 49.8 Å². The van der Waals surface area contributed by atoms with Crippen LogP contribution in [0.3, 0.4) is 0 Å². The van der Waals surface area contributed by atoms with Crippen LogP contribution in [0.1, 0.15) is 28.0 Å². The molecule has 1 aromatic carbocycles. The Balaban J connectivity index is 1.62. The lowest BCUT2D eigenvalue weighted by atomic mass is 10.1. The van der Waals surface area contributed by atoms with Crippen LogP contribution in [0.5, 0.6) is 0 Å². The van der Waals surface area contributed by atoms with Crippen molar-refractivity contribution in [2.45, 2.75) is 19.9 Å². The van der Waals surface area contributed by atoms with Gasteiger partial charge in [0.25, 0.3) is 5.91 Å². The van der Waals surface area contributed by atoms with Crippen molar-refractivity contribution in [3.05, 3.63) is 45.4 Å². The molecule has 0 radical (unpaired) electrons. The summed E-state index contributed by atoms with van der Waals surface area (Å²) in [5.41, 5.74) is 2.71. The Morgan fingerprint density at radius 3 is 2.91 bits per heavy atom. The Labute approximate surface area is 145 Å². The topological polar surface area (TPSA) is 49.3 Å². The molecule has 0 atom stereocenters. The van der Waals surface area contributed by atoms with E-state index in [0.717, 1.165) is 49.4 Å². The molecule has 2 aromatic rings. The van der Waals surface area contributed by atoms with Crippen LogP contribution in [0.4, 0.5) is 0 Å². The summed E-state index contributed by atoms with van der Waals surface area (Å²) >= 11 is 7.29.